The van der Waals surface area contributed by atoms with Crippen molar-refractivity contribution in [1.29, 1.82) is 0 Å². The maximum atomic E-state index is 11.0. The number of non-ortho nitro benzene ring substituents is 1. The molecule has 6 nitrogen and oxygen atoms in total. The van der Waals surface area contributed by atoms with E-state index < -0.39 is 4.92 Å². The number of nitro benzene ring substituents is 1. The number of hydrogen-bond donors (Lipinski definition) is 0. The zero-order chi connectivity index (χ0) is 15.1. The lowest BCUT2D eigenvalue weighted by Crippen LogP contribution is -2.20. The molecule has 0 saturated heterocycles. The summed E-state index contributed by atoms with van der Waals surface area (Å²) in [5, 5.41) is 11.0. The van der Waals surface area contributed by atoms with E-state index in [9.17, 15) is 14.9 Å². The highest BCUT2D eigenvalue weighted by atomic mass is 35.5. The van der Waals surface area contributed by atoms with Crippen LogP contribution in [0.5, 0.6) is 0 Å². The highest BCUT2D eigenvalue weighted by Gasteiger charge is 2.11. The Hall–Kier alpha value is -1.66. The van der Waals surface area contributed by atoms with Crippen LogP contribution in [0.25, 0.3) is 0 Å². The van der Waals surface area contributed by atoms with Gasteiger partial charge < -0.3 is 9.64 Å². The van der Waals surface area contributed by atoms with Gasteiger partial charge in [-0.05, 0) is 31.6 Å². The Morgan fingerprint density at radius 1 is 1.50 bits per heavy atom. The Kier molecular flexibility index (Phi) is 6.41. The fourth-order valence-corrected chi connectivity index (χ4v) is 1.98. The lowest BCUT2D eigenvalue weighted by molar-refractivity contribution is -0.384. The number of esters is 1. The number of ether oxygens (including phenoxy) is 1. The molecule has 0 atom stereocenters. The Labute approximate surface area is 122 Å². The van der Waals surface area contributed by atoms with Crippen molar-refractivity contribution in [3.63, 3.8) is 0 Å². The summed E-state index contributed by atoms with van der Waals surface area (Å²) in [5.41, 5.74) is 0.796. The molecule has 0 aromatic heterocycles. The summed E-state index contributed by atoms with van der Waals surface area (Å²) in [6.45, 7) is 1.28. The number of nitro groups is 1. The first-order valence-corrected chi connectivity index (χ1v) is 6.50. The Balaban J connectivity index is 2.51. The molecular formula is C13H17ClN2O4. The van der Waals surface area contributed by atoms with Gasteiger partial charge in [-0.2, -0.15) is 0 Å². The van der Waals surface area contributed by atoms with Crippen molar-refractivity contribution in [3.05, 3.63) is 38.9 Å². The van der Waals surface area contributed by atoms with Crippen molar-refractivity contribution in [2.75, 3.05) is 20.7 Å². The number of hydrogen-bond acceptors (Lipinski definition) is 5. The zero-order valence-corrected chi connectivity index (χ0v) is 12.2. The number of carbonyl (C=O) groups excluding carboxylic acids is 1. The van der Waals surface area contributed by atoms with E-state index >= 15 is 0 Å². The van der Waals surface area contributed by atoms with Crippen molar-refractivity contribution in [2.24, 2.45) is 0 Å². The average Bonchev–Trinajstić information content (AvgIpc) is 2.40. The standard InChI is InChI=1S/C13H17ClN2O4/c1-15(7-3-4-13(17)20-2)9-10-5-6-11(16(18)19)8-12(10)14/h5-6,8H,3-4,7,9H2,1-2H3. The molecule has 20 heavy (non-hydrogen) atoms. The van der Waals surface area contributed by atoms with E-state index in [-0.39, 0.29) is 11.7 Å². The minimum Gasteiger partial charge on any atom is -0.469 e. The van der Waals surface area contributed by atoms with Crippen LogP contribution in [0.1, 0.15) is 18.4 Å². The molecule has 0 aliphatic rings. The summed E-state index contributed by atoms with van der Waals surface area (Å²) >= 11 is 6.02. The van der Waals surface area contributed by atoms with E-state index in [0.717, 1.165) is 5.56 Å². The summed E-state index contributed by atoms with van der Waals surface area (Å²) in [4.78, 5) is 23.1. The second-order valence-electron chi connectivity index (χ2n) is 4.45. The quantitative estimate of drug-likeness (QED) is 0.440. The number of rotatable bonds is 7. The van der Waals surface area contributed by atoms with E-state index in [2.05, 4.69) is 4.74 Å². The minimum absolute atomic E-state index is 0.0212. The average molecular weight is 301 g/mol. The van der Waals surface area contributed by atoms with Gasteiger partial charge in [-0.25, -0.2) is 0 Å². The fourth-order valence-electron chi connectivity index (χ4n) is 1.74. The molecule has 0 heterocycles. The predicted octanol–water partition coefficient (Wildman–Crippen LogP) is 2.63. The van der Waals surface area contributed by atoms with Gasteiger partial charge in [-0.3, -0.25) is 14.9 Å². The summed E-state index contributed by atoms with van der Waals surface area (Å²) in [7, 11) is 3.26. The van der Waals surface area contributed by atoms with Crippen LogP contribution in [0.2, 0.25) is 5.02 Å². The molecule has 0 N–H and O–H groups in total. The van der Waals surface area contributed by atoms with Crippen molar-refractivity contribution in [3.8, 4) is 0 Å². The molecule has 0 saturated carbocycles. The molecule has 0 unspecified atom stereocenters. The first kappa shape index (κ1) is 16.4. The van der Waals surface area contributed by atoms with E-state index in [1.54, 1.807) is 6.07 Å². The molecule has 0 bridgehead atoms. The SMILES string of the molecule is COC(=O)CCCN(C)Cc1ccc([N+](=O)[O-])cc1Cl. The lowest BCUT2D eigenvalue weighted by Gasteiger charge is -2.17. The van der Waals surface area contributed by atoms with Crippen molar-refractivity contribution in [1.82, 2.24) is 4.90 Å². The number of halogens is 1. The monoisotopic (exact) mass is 300 g/mol. The summed E-state index contributed by atoms with van der Waals surface area (Å²) in [6.07, 6.45) is 1.06. The molecule has 1 rings (SSSR count). The van der Waals surface area contributed by atoms with Crippen LogP contribution >= 0.6 is 11.6 Å². The van der Waals surface area contributed by atoms with E-state index in [0.29, 0.717) is 31.0 Å². The van der Waals surface area contributed by atoms with Gasteiger partial charge in [0.15, 0.2) is 0 Å². The molecule has 1 aromatic rings. The molecule has 7 heteroatoms. The minimum atomic E-state index is -0.476. The van der Waals surface area contributed by atoms with Crippen LogP contribution in [-0.4, -0.2) is 36.5 Å². The van der Waals surface area contributed by atoms with Gasteiger partial charge in [0.1, 0.15) is 0 Å². The molecule has 0 spiro atoms. The third kappa shape index (κ3) is 5.14. The first-order chi connectivity index (χ1) is 9.43. The molecule has 0 amide bonds. The van der Waals surface area contributed by atoms with Gasteiger partial charge in [0.05, 0.1) is 17.1 Å². The van der Waals surface area contributed by atoms with Gasteiger partial charge in [-0.1, -0.05) is 11.6 Å². The van der Waals surface area contributed by atoms with Crippen LogP contribution in [0.4, 0.5) is 5.69 Å². The number of nitrogens with zero attached hydrogens (tertiary/aromatic N) is 2. The Morgan fingerprint density at radius 3 is 2.75 bits per heavy atom. The van der Waals surface area contributed by atoms with Crippen LogP contribution in [0.3, 0.4) is 0 Å². The maximum absolute atomic E-state index is 11.0. The van der Waals surface area contributed by atoms with Gasteiger partial charge in [0.25, 0.3) is 5.69 Å². The number of methoxy groups -OCH3 is 1. The highest BCUT2D eigenvalue weighted by molar-refractivity contribution is 6.31. The fraction of sp³-hybridized carbons (Fsp3) is 0.462. The van der Waals surface area contributed by atoms with E-state index in [4.69, 9.17) is 11.6 Å². The third-order valence-electron chi connectivity index (χ3n) is 2.84. The zero-order valence-electron chi connectivity index (χ0n) is 11.5. The molecule has 0 aliphatic carbocycles. The second-order valence-corrected chi connectivity index (χ2v) is 4.86. The van der Waals surface area contributed by atoms with Crippen LogP contribution in [-0.2, 0) is 16.1 Å². The maximum Gasteiger partial charge on any atom is 0.305 e. The second kappa shape index (κ2) is 7.81. The largest absolute Gasteiger partial charge is 0.469 e. The molecule has 110 valence electrons. The lowest BCUT2D eigenvalue weighted by atomic mass is 10.2. The molecule has 0 aliphatic heterocycles. The van der Waals surface area contributed by atoms with Crippen LogP contribution < -0.4 is 0 Å². The summed E-state index contributed by atoms with van der Waals surface area (Å²) < 4.78 is 4.56. The highest BCUT2D eigenvalue weighted by Crippen LogP contribution is 2.23. The van der Waals surface area contributed by atoms with Gasteiger partial charge in [0, 0.05) is 25.1 Å². The van der Waals surface area contributed by atoms with Gasteiger partial charge in [-0.15, -0.1) is 0 Å². The molecule has 1 aromatic carbocycles. The van der Waals surface area contributed by atoms with Gasteiger partial charge >= 0.3 is 5.97 Å². The molecule has 0 radical (unpaired) electrons. The Bertz CT molecular complexity index is 493. The first-order valence-electron chi connectivity index (χ1n) is 6.12. The van der Waals surface area contributed by atoms with Crippen molar-refractivity contribution >= 4 is 23.3 Å². The third-order valence-corrected chi connectivity index (χ3v) is 3.19. The van der Waals surface area contributed by atoms with Crippen LogP contribution in [0.15, 0.2) is 18.2 Å². The van der Waals surface area contributed by atoms with Gasteiger partial charge in [0.2, 0.25) is 0 Å². The van der Waals surface area contributed by atoms with Crippen molar-refractivity contribution in [2.45, 2.75) is 19.4 Å². The topological polar surface area (TPSA) is 72.7 Å². The van der Waals surface area contributed by atoms with Crippen molar-refractivity contribution < 1.29 is 14.5 Å². The smallest absolute Gasteiger partial charge is 0.305 e. The summed E-state index contributed by atoms with van der Waals surface area (Å²) in [6, 6.07) is 4.43. The van der Waals surface area contributed by atoms with E-state index in [1.165, 1.54) is 19.2 Å². The summed E-state index contributed by atoms with van der Waals surface area (Å²) in [5.74, 6) is -0.230. The molecule has 0 fully saturated rings. The molecular weight excluding hydrogens is 284 g/mol. The normalized spacial score (nSPS) is 10.6. The number of benzene rings is 1. The van der Waals surface area contributed by atoms with E-state index in [1.807, 2.05) is 11.9 Å². The number of carbonyl (C=O) groups is 1. The Morgan fingerprint density at radius 2 is 2.20 bits per heavy atom. The predicted molar refractivity (Wildman–Crippen MR) is 75.7 cm³/mol. The van der Waals surface area contributed by atoms with Crippen LogP contribution in [0, 0.1) is 10.1 Å².